The van der Waals surface area contributed by atoms with Gasteiger partial charge in [0.1, 0.15) is 24.2 Å². The number of fused-ring (bicyclic) bond motifs is 1. The lowest BCUT2D eigenvalue weighted by Gasteiger charge is -2.26. The second-order valence-electron chi connectivity index (χ2n) is 10.2. The Morgan fingerprint density at radius 1 is 1.18 bits per heavy atom. The van der Waals surface area contributed by atoms with Crippen LogP contribution in [0.15, 0.2) is 86.2 Å². The van der Waals surface area contributed by atoms with Crippen molar-refractivity contribution in [2.75, 3.05) is 6.61 Å². The maximum Gasteiger partial charge on any atom is 0.338 e. The van der Waals surface area contributed by atoms with Crippen molar-refractivity contribution < 1.29 is 23.4 Å². The Hall–Kier alpha value is -3.73. The van der Waals surface area contributed by atoms with Crippen molar-refractivity contribution in [2.45, 2.75) is 46.4 Å². The number of nitrogens with zero attached hydrogens (tertiary/aromatic N) is 2. The SMILES string of the molecule is CCOC(=O)C1=C(C)N=c2s/c(=C/c3cc(Cl)c(OCc4ccc(F)cc4)c(Br)c3)c(=O)n2[C@@H]1c1ccccc1OC(C)C. The number of allylic oxidation sites excluding steroid dienone is 1. The molecule has 0 unspecified atom stereocenters. The zero-order valence-electron chi connectivity index (χ0n) is 24.4. The van der Waals surface area contributed by atoms with E-state index in [1.807, 2.05) is 38.1 Å². The third kappa shape index (κ3) is 6.67. The van der Waals surface area contributed by atoms with E-state index in [1.54, 1.807) is 44.2 Å². The number of carbonyl (C=O) groups is 1. The molecule has 1 aromatic heterocycles. The van der Waals surface area contributed by atoms with Gasteiger partial charge in [0.25, 0.3) is 5.56 Å². The van der Waals surface area contributed by atoms with Crippen molar-refractivity contribution in [1.29, 1.82) is 0 Å². The minimum Gasteiger partial charge on any atom is -0.491 e. The van der Waals surface area contributed by atoms with Gasteiger partial charge in [-0.15, -0.1) is 0 Å². The van der Waals surface area contributed by atoms with E-state index in [1.165, 1.54) is 28.0 Å². The van der Waals surface area contributed by atoms with Crippen LogP contribution >= 0.6 is 38.9 Å². The van der Waals surface area contributed by atoms with E-state index in [9.17, 15) is 14.0 Å². The molecule has 228 valence electrons. The van der Waals surface area contributed by atoms with Crippen LogP contribution in [0.25, 0.3) is 6.08 Å². The number of para-hydroxylation sites is 1. The Balaban J connectivity index is 1.58. The number of aromatic nitrogens is 1. The second kappa shape index (κ2) is 13.5. The molecule has 44 heavy (non-hydrogen) atoms. The molecule has 7 nitrogen and oxygen atoms in total. The fourth-order valence-corrected chi connectivity index (χ4v) is 6.88. The van der Waals surface area contributed by atoms with Gasteiger partial charge in [0.05, 0.1) is 38.0 Å². The van der Waals surface area contributed by atoms with Crippen LogP contribution in [0, 0.1) is 5.82 Å². The number of carbonyl (C=O) groups excluding carboxylic acids is 1. The van der Waals surface area contributed by atoms with Crippen molar-refractivity contribution in [1.82, 2.24) is 4.57 Å². The molecule has 0 spiro atoms. The highest BCUT2D eigenvalue weighted by molar-refractivity contribution is 9.10. The molecule has 1 aliphatic rings. The van der Waals surface area contributed by atoms with Gasteiger partial charge in [0.15, 0.2) is 10.6 Å². The lowest BCUT2D eigenvalue weighted by Crippen LogP contribution is -2.40. The molecule has 2 heterocycles. The predicted molar refractivity (Wildman–Crippen MR) is 172 cm³/mol. The number of rotatable bonds is 9. The smallest absolute Gasteiger partial charge is 0.338 e. The van der Waals surface area contributed by atoms with Gasteiger partial charge in [0.2, 0.25) is 0 Å². The van der Waals surface area contributed by atoms with E-state index in [2.05, 4.69) is 20.9 Å². The first-order chi connectivity index (χ1) is 21.1. The summed E-state index contributed by atoms with van der Waals surface area (Å²) >= 11 is 11.3. The molecule has 0 fully saturated rings. The van der Waals surface area contributed by atoms with Crippen LogP contribution in [0.2, 0.25) is 5.02 Å². The number of esters is 1. The fourth-order valence-electron chi connectivity index (χ4n) is 4.84. The first-order valence-corrected chi connectivity index (χ1v) is 15.9. The molecule has 4 aromatic rings. The van der Waals surface area contributed by atoms with Gasteiger partial charge in [-0.25, -0.2) is 14.2 Å². The topological polar surface area (TPSA) is 79.1 Å². The Bertz CT molecular complexity index is 1910. The van der Waals surface area contributed by atoms with Gasteiger partial charge >= 0.3 is 5.97 Å². The third-order valence-electron chi connectivity index (χ3n) is 6.71. The molecule has 0 N–H and O–H groups in total. The van der Waals surface area contributed by atoms with Crippen LogP contribution in [0.4, 0.5) is 4.39 Å². The minimum atomic E-state index is -0.806. The van der Waals surface area contributed by atoms with Crippen molar-refractivity contribution in [2.24, 2.45) is 4.99 Å². The summed E-state index contributed by atoms with van der Waals surface area (Å²) in [7, 11) is 0. The first-order valence-electron chi connectivity index (χ1n) is 13.9. The van der Waals surface area contributed by atoms with Gasteiger partial charge in [-0.1, -0.05) is 53.3 Å². The molecule has 11 heteroatoms. The first kappa shape index (κ1) is 31.7. The molecule has 0 amide bonds. The monoisotopic (exact) mass is 698 g/mol. The van der Waals surface area contributed by atoms with Crippen molar-refractivity contribution >= 4 is 50.9 Å². The van der Waals surface area contributed by atoms with Crippen LogP contribution in [-0.2, 0) is 16.1 Å². The molecule has 0 aliphatic carbocycles. The average Bonchev–Trinajstić information content (AvgIpc) is 3.26. The van der Waals surface area contributed by atoms with Crippen LogP contribution in [0.1, 0.15) is 50.4 Å². The molecule has 0 radical (unpaired) electrons. The van der Waals surface area contributed by atoms with Gasteiger partial charge in [0, 0.05) is 5.56 Å². The Morgan fingerprint density at radius 2 is 1.91 bits per heavy atom. The number of benzene rings is 3. The lowest BCUT2D eigenvalue weighted by molar-refractivity contribution is -0.139. The number of thiazole rings is 1. The minimum absolute atomic E-state index is 0.131. The number of halogens is 3. The van der Waals surface area contributed by atoms with Crippen LogP contribution in [0.3, 0.4) is 0 Å². The molecule has 0 saturated carbocycles. The second-order valence-corrected chi connectivity index (χ2v) is 12.5. The van der Waals surface area contributed by atoms with Crippen LogP contribution in [0.5, 0.6) is 11.5 Å². The molecule has 0 saturated heterocycles. The summed E-state index contributed by atoms with van der Waals surface area (Å²) in [4.78, 5) is 32.4. The zero-order valence-corrected chi connectivity index (χ0v) is 27.6. The average molecular weight is 700 g/mol. The van der Waals surface area contributed by atoms with E-state index in [-0.39, 0.29) is 36.3 Å². The maximum absolute atomic E-state index is 14.1. The molecule has 5 rings (SSSR count). The summed E-state index contributed by atoms with van der Waals surface area (Å²) in [6.45, 7) is 7.67. The van der Waals surface area contributed by atoms with Crippen molar-refractivity contribution in [3.05, 3.63) is 124 Å². The Morgan fingerprint density at radius 3 is 2.59 bits per heavy atom. The summed E-state index contributed by atoms with van der Waals surface area (Å²) in [6, 6.07) is 16.1. The Kier molecular flexibility index (Phi) is 9.72. The fraction of sp³-hybridized carbons (Fsp3) is 0.242. The van der Waals surface area contributed by atoms with E-state index >= 15 is 0 Å². The van der Waals surface area contributed by atoms with E-state index in [0.29, 0.717) is 47.2 Å². The van der Waals surface area contributed by atoms with E-state index in [0.717, 1.165) is 5.56 Å². The highest BCUT2D eigenvalue weighted by Gasteiger charge is 2.35. The third-order valence-corrected chi connectivity index (χ3v) is 8.56. The van der Waals surface area contributed by atoms with Gasteiger partial charge in [-0.05, 0) is 91.2 Å². The molecule has 1 aliphatic heterocycles. The summed E-state index contributed by atoms with van der Waals surface area (Å²) in [5.74, 6) is 0.116. The molecule has 3 aromatic carbocycles. The zero-order chi connectivity index (χ0) is 31.5. The number of ether oxygens (including phenoxy) is 3. The molecule has 0 bridgehead atoms. The van der Waals surface area contributed by atoms with E-state index in [4.69, 9.17) is 25.8 Å². The highest BCUT2D eigenvalue weighted by atomic mass is 79.9. The van der Waals surface area contributed by atoms with Gasteiger partial charge in [-0.2, -0.15) is 0 Å². The lowest BCUT2D eigenvalue weighted by atomic mass is 9.95. The number of hydrogen-bond acceptors (Lipinski definition) is 7. The maximum atomic E-state index is 14.1. The largest absolute Gasteiger partial charge is 0.491 e. The van der Waals surface area contributed by atoms with E-state index < -0.39 is 12.0 Å². The van der Waals surface area contributed by atoms with Gasteiger partial charge < -0.3 is 14.2 Å². The van der Waals surface area contributed by atoms with Crippen LogP contribution < -0.4 is 24.4 Å². The highest BCUT2D eigenvalue weighted by Crippen LogP contribution is 2.37. The number of hydrogen-bond donors (Lipinski definition) is 0. The molecular formula is C33H29BrClFN2O5S. The van der Waals surface area contributed by atoms with Crippen LogP contribution in [-0.4, -0.2) is 23.2 Å². The Labute approximate surface area is 271 Å². The predicted octanol–water partition coefficient (Wildman–Crippen LogP) is 6.72. The summed E-state index contributed by atoms with van der Waals surface area (Å²) < 4.78 is 33.2. The molecular weight excluding hydrogens is 671 g/mol. The van der Waals surface area contributed by atoms with Crippen molar-refractivity contribution in [3.63, 3.8) is 0 Å². The van der Waals surface area contributed by atoms with Crippen molar-refractivity contribution in [3.8, 4) is 11.5 Å². The summed E-state index contributed by atoms with van der Waals surface area (Å²) in [5, 5.41) is 0.332. The molecule has 1 atom stereocenters. The van der Waals surface area contributed by atoms with Gasteiger partial charge in [-0.3, -0.25) is 9.36 Å². The quantitative estimate of drug-likeness (QED) is 0.181. The normalized spacial score (nSPS) is 14.8. The standard InChI is InChI=1S/C33H29BrClFN2O5S/c1-5-41-32(40)28-19(4)37-33-38(29(28)23-8-6-7-9-26(23)43-18(2)3)31(39)27(44-33)16-21-14-24(34)30(25(35)15-21)42-17-20-10-12-22(36)13-11-20/h6-16,18,29H,5,17H2,1-4H3/b27-16+/t29-/m1/s1. The summed E-state index contributed by atoms with van der Waals surface area (Å²) in [6.07, 6.45) is 1.59. The summed E-state index contributed by atoms with van der Waals surface area (Å²) in [5.41, 5.74) is 2.51.